The van der Waals surface area contributed by atoms with E-state index in [2.05, 4.69) is 0 Å². The molecule has 124 valence electrons. The minimum absolute atomic E-state index is 0.242. The molecule has 0 unspecified atom stereocenters. The van der Waals surface area contributed by atoms with Crippen LogP contribution in [0.15, 0.2) is 90.0 Å². The maximum absolute atomic E-state index is 13.1. The van der Waals surface area contributed by atoms with Gasteiger partial charge in [-0.2, -0.15) is 0 Å². The summed E-state index contributed by atoms with van der Waals surface area (Å²) in [5.74, 6) is 0. The highest BCUT2D eigenvalue weighted by Crippen LogP contribution is 2.34. The van der Waals surface area contributed by atoms with Crippen LogP contribution in [0.3, 0.4) is 0 Å². The first-order valence-electron chi connectivity index (χ1n) is 7.74. The van der Waals surface area contributed by atoms with Crippen molar-refractivity contribution in [3.63, 3.8) is 0 Å². The van der Waals surface area contributed by atoms with Crippen LogP contribution in [0.5, 0.6) is 0 Å². The second kappa shape index (κ2) is 6.06. The Balaban J connectivity index is 2.04. The number of hydrogen-bond acceptors (Lipinski definition) is 2. The van der Waals surface area contributed by atoms with Crippen molar-refractivity contribution in [1.82, 2.24) is 3.97 Å². The molecule has 1 heterocycles. The Hall–Kier alpha value is -2.56. The summed E-state index contributed by atoms with van der Waals surface area (Å²) in [4.78, 5) is 0.242. The molecular weight excluding hydrogens is 354 g/mol. The molecule has 4 rings (SSSR count). The van der Waals surface area contributed by atoms with Crippen LogP contribution in [-0.2, 0) is 10.0 Å². The van der Waals surface area contributed by atoms with Gasteiger partial charge in [-0.25, -0.2) is 12.4 Å². The SMILES string of the molecule is O=S(=O)(c1ccccc1)n1cc(-c2ccccc2)c2ccc(Cl)cc21. The van der Waals surface area contributed by atoms with Gasteiger partial charge in [0.25, 0.3) is 10.0 Å². The molecule has 0 radical (unpaired) electrons. The van der Waals surface area contributed by atoms with Gasteiger partial charge in [0.05, 0.1) is 10.4 Å². The summed E-state index contributed by atoms with van der Waals surface area (Å²) in [5.41, 5.74) is 2.37. The minimum atomic E-state index is -3.71. The average Bonchev–Trinajstić information content (AvgIpc) is 3.02. The zero-order chi connectivity index (χ0) is 17.4. The Bertz CT molecular complexity index is 1150. The maximum Gasteiger partial charge on any atom is 0.268 e. The second-order valence-electron chi connectivity index (χ2n) is 5.68. The summed E-state index contributed by atoms with van der Waals surface area (Å²) < 4.78 is 27.6. The van der Waals surface area contributed by atoms with Crippen LogP contribution in [0, 0.1) is 0 Å². The Morgan fingerprint density at radius 2 is 1.44 bits per heavy atom. The molecule has 4 aromatic rings. The van der Waals surface area contributed by atoms with Gasteiger partial charge >= 0.3 is 0 Å². The molecule has 0 saturated heterocycles. The number of rotatable bonds is 3. The minimum Gasteiger partial charge on any atom is -0.240 e. The molecule has 0 atom stereocenters. The van der Waals surface area contributed by atoms with Crippen LogP contribution in [0.2, 0.25) is 5.02 Å². The number of hydrogen-bond donors (Lipinski definition) is 0. The molecule has 25 heavy (non-hydrogen) atoms. The third kappa shape index (κ3) is 2.73. The Morgan fingerprint density at radius 1 is 0.800 bits per heavy atom. The lowest BCUT2D eigenvalue weighted by Gasteiger charge is -2.07. The Morgan fingerprint density at radius 3 is 2.12 bits per heavy atom. The molecule has 0 amide bonds. The van der Waals surface area contributed by atoms with Crippen LogP contribution in [0.1, 0.15) is 0 Å². The van der Waals surface area contributed by atoms with E-state index in [9.17, 15) is 8.42 Å². The predicted molar refractivity (Wildman–Crippen MR) is 101 cm³/mol. The number of aromatic nitrogens is 1. The highest BCUT2D eigenvalue weighted by molar-refractivity contribution is 7.90. The van der Waals surface area contributed by atoms with Crippen LogP contribution >= 0.6 is 11.6 Å². The van der Waals surface area contributed by atoms with Crippen molar-refractivity contribution in [2.24, 2.45) is 0 Å². The summed E-state index contributed by atoms with van der Waals surface area (Å²) in [6, 6.07) is 23.4. The quantitative estimate of drug-likeness (QED) is 0.499. The molecule has 5 heteroatoms. The van der Waals surface area contributed by atoms with Gasteiger partial charge in [0, 0.05) is 22.2 Å². The number of halogens is 1. The monoisotopic (exact) mass is 367 g/mol. The third-order valence-corrected chi connectivity index (χ3v) is 6.04. The molecule has 0 fully saturated rings. The molecule has 0 aliphatic heterocycles. The number of nitrogens with zero attached hydrogens (tertiary/aromatic N) is 1. The Kier molecular flexibility index (Phi) is 3.86. The molecule has 0 N–H and O–H groups in total. The lowest BCUT2D eigenvalue weighted by atomic mass is 10.1. The molecule has 0 aliphatic carbocycles. The van der Waals surface area contributed by atoms with E-state index in [1.165, 1.54) is 3.97 Å². The van der Waals surface area contributed by atoms with Gasteiger partial charge in [0.1, 0.15) is 0 Å². The number of benzene rings is 3. The second-order valence-corrected chi connectivity index (χ2v) is 7.94. The van der Waals surface area contributed by atoms with Crippen molar-refractivity contribution in [1.29, 1.82) is 0 Å². The van der Waals surface area contributed by atoms with Crippen LogP contribution in [0.25, 0.3) is 22.0 Å². The summed E-state index contributed by atoms with van der Waals surface area (Å²) in [6.07, 6.45) is 1.67. The van der Waals surface area contributed by atoms with Crippen LogP contribution in [-0.4, -0.2) is 12.4 Å². The molecule has 3 aromatic carbocycles. The van der Waals surface area contributed by atoms with E-state index in [-0.39, 0.29) is 4.90 Å². The van der Waals surface area contributed by atoms with E-state index >= 15 is 0 Å². The molecule has 0 aliphatic rings. The van der Waals surface area contributed by atoms with Crippen molar-refractivity contribution in [2.45, 2.75) is 4.90 Å². The standard InChI is InChI=1S/C20H14ClNO2S/c21-16-11-12-18-19(15-7-3-1-4-8-15)14-22(20(18)13-16)25(23,24)17-9-5-2-6-10-17/h1-14H. The normalized spacial score (nSPS) is 11.7. The number of fused-ring (bicyclic) bond motifs is 1. The molecule has 3 nitrogen and oxygen atoms in total. The Labute approximate surface area is 151 Å². The van der Waals surface area contributed by atoms with Gasteiger partial charge < -0.3 is 0 Å². The molecule has 0 saturated carbocycles. The van der Waals surface area contributed by atoms with Gasteiger partial charge in [-0.15, -0.1) is 0 Å². The first kappa shape index (κ1) is 15.9. The zero-order valence-electron chi connectivity index (χ0n) is 13.1. The van der Waals surface area contributed by atoms with E-state index in [1.807, 2.05) is 36.4 Å². The van der Waals surface area contributed by atoms with E-state index < -0.39 is 10.0 Å². The molecular formula is C20H14ClNO2S. The predicted octanol–water partition coefficient (Wildman–Crippen LogP) is 5.20. The lowest BCUT2D eigenvalue weighted by molar-refractivity contribution is 0.589. The summed E-state index contributed by atoms with van der Waals surface area (Å²) >= 11 is 6.13. The molecule has 0 bridgehead atoms. The summed E-state index contributed by atoms with van der Waals surface area (Å²) in [5, 5.41) is 1.34. The van der Waals surface area contributed by atoms with E-state index in [0.29, 0.717) is 10.5 Å². The highest BCUT2D eigenvalue weighted by Gasteiger charge is 2.21. The van der Waals surface area contributed by atoms with Gasteiger partial charge in [0.2, 0.25) is 0 Å². The smallest absolute Gasteiger partial charge is 0.240 e. The first-order chi connectivity index (χ1) is 12.1. The van der Waals surface area contributed by atoms with Crippen LogP contribution < -0.4 is 0 Å². The zero-order valence-corrected chi connectivity index (χ0v) is 14.7. The lowest BCUT2D eigenvalue weighted by Crippen LogP contribution is -2.11. The fourth-order valence-electron chi connectivity index (χ4n) is 2.92. The molecule has 1 aromatic heterocycles. The van der Waals surface area contributed by atoms with E-state index in [4.69, 9.17) is 11.6 Å². The van der Waals surface area contributed by atoms with Crippen molar-refractivity contribution < 1.29 is 8.42 Å². The van der Waals surface area contributed by atoms with Crippen molar-refractivity contribution in [3.05, 3.63) is 90.1 Å². The first-order valence-corrected chi connectivity index (χ1v) is 9.56. The largest absolute Gasteiger partial charge is 0.268 e. The fourth-order valence-corrected chi connectivity index (χ4v) is 4.47. The van der Waals surface area contributed by atoms with Gasteiger partial charge in [-0.3, -0.25) is 0 Å². The third-order valence-electron chi connectivity index (χ3n) is 4.12. The van der Waals surface area contributed by atoms with Gasteiger partial charge in [0.15, 0.2) is 0 Å². The van der Waals surface area contributed by atoms with Crippen molar-refractivity contribution >= 4 is 32.5 Å². The van der Waals surface area contributed by atoms with E-state index in [1.54, 1.807) is 48.7 Å². The maximum atomic E-state index is 13.1. The fraction of sp³-hybridized carbons (Fsp3) is 0. The topological polar surface area (TPSA) is 39.1 Å². The van der Waals surface area contributed by atoms with Crippen LogP contribution in [0.4, 0.5) is 0 Å². The average molecular weight is 368 g/mol. The van der Waals surface area contributed by atoms with Crippen molar-refractivity contribution in [3.8, 4) is 11.1 Å². The van der Waals surface area contributed by atoms with Crippen molar-refractivity contribution in [2.75, 3.05) is 0 Å². The highest BCUT2D eigenvalue weighted by atomic mass is 35.5. The van der Waals surface area contributed by atoms with E-state index in [0.717, 1.165) is 16.5 Å². The summed E-state index contributed by atoms with van der Waals surface area (Å²) in [7, 11) is -3.71. The molecule has 0 spiro atoms. The van der Waals surface area contributed by atoms with Gasteiger partial charge in [-0.1, -0.05) is 66.2 Å². The van der Waals surface area contributed by atoms with Gasteiger partial charge in [-0.05, 0) is 29.8 Å². The summed E-state index contributed by atoms with van der Waals surface area (Å²) in [6.45, 7) is 0.